The Kier molecular flexibility index (Phi) is 6.18. The van der Waals surface area contributed by atoms with E-state index in [1.807, 2.05) is 24.3 Å². The Balaban J connectivity index is 1.59. The number of hydrogen-bond acceptors (Lipinski definition) is 5. The van der Waals surface area contributed by atoms with Crippen LogP contribution in [0.5, 0.6) is 0 Å². The summed E-state index contributed by atoms with van der Waals surface area (Å²) in [5.41, 5.74) is 2.50. The lowest BCUT2D eigenvalue weighted by Crippen LogP contribution is -2.14. The van der Waals surface area contributed by atoms with Gasteiger partial charge in [0, 0.05) is 5.69 Å². The van der Waals surface area contributed by atoms with E-state index in [1.54, 1.807) is 12.1 Å². The van der Waals surface area contributed by atoms with Crippen molar-refractivity contribution in [3.63, 3.8) is 0 Å². The van der Waals surface area contributed by atoms with Crippen LogP contribution in [0.3, 0.4) is 0 Å². The van der Waals surface area contributed by atoms with Crippen molar-refractivity contribution in [3.8, 4) is 5.69 Å². The molecule has 0 saturated carbocycles. The molecule has 1 aromatic heterocycles. The molecule has 0 aliphatic heterocycles. The Morgan fingerprint density at radius 2 is 2.04 bits per heavy atom. The van der Waals surface area contributed by atoms with Gasteiger partial charge in [-0.15, -0.1) is 5.10 Å². The predicted octanol–water partition coefficient (Wildman–Crippen LogP) is 4.05. The highest BCUT2D eigenvalue weighted by Gasteiger charge is 2.12. The number of aromatic nitrogens is 4. The lowest BCUT2D eigenvalue weighted by molar-refractivity contribution is -0.113. The second-order valence-corrected chi connectivity index (χ2v) is 7.06. The Morgan fingerprint density at radius 1 is 1.26 bits per heavy atom. The molecular formula is C19H20FN5OS. The van der Waals surface area contributed by atoms with Crippen molar-refractivity contribution in [1.29, 1.82) is 0 Å². The van der Waals surface area contributed by atoms with Crippen LogP contribution in [0, 0.1) is 5.82 Å². The van der Waals surface area contributed by atoms with Gasteiger partial charge in [0.25, 0.3) is 0 Å². The number of amides is 1. The number of nitrogens with one attached hydrogen (secondary N) is 1. The Hall–Kier alpha value is -2.74. The minimum Gasteiger partial charge on any atom is -0.325 e. The van der Waals surface area contributed by atoms with Crippen LogP contribution in [0.25, 0.3) is 5.69 Å². The summed E-state index contributed by atoms with van der Waals surface area (Å²) in [5, 5.41) is 14.7. The van der Waals surface area contributed by atoms with Gasteiger partial charge in [0.15, 0.2) is 0 Å². The zero-order chi connectivity index (χ0) is 19.2. The quantitative estimate of drug-likeness (QED) is 0.621. The van der Waals surface area contributed by atoms with Gasteiger partial charge in [0.05, 0.1) is 11.4 Å². The Labute approximate surface area is 161 Å². The van der Waals surface area contributed by atoms with Crippen molar-refractivity contribution in [2.24, 2.45) is 0 Å². The molecule has 1 atom stereocenters. The fraction of sp³-hybridized carbons (Fsp3) is 0.263. The molecule has 0 radical (unpaired) electrons. The molecule has 8 heteroatoms. The molecular weight excluding hydrogens is 365 g/mol. The standard InChI is InChI=1S/C19H20FN5OS/c1-3-13(2)14-7-9-16(10-8-14)21-18(26)12-27-19-22-23-24-25(19)17-6-4-5-15(20)11-17/h4-11,13H,3,12H2,1-2H3,(H,21,26)/t13-/m0/s1. The van der Waals surface area contributed by atoms with Gasteiger partial charge < -0.3 is 5.32 Å². The van der Waals surface area contributed by atoms with E-state index < -0.39 is 0 Å². The molecule has 3 rings (SSSR count). The first-order chi connectivity index (χ1) is 13.1. The number of nitrogens with zero attached hydrogens (tertiary/aromatic N) is 4. The number of rotatable bonds is 7. The summed E-state index contributed by atoms with van der Waals surface area (Å²) in [5.74, 6) is 0.0950. The van der Waals surface area contributed by atoms with Gasteiger partial charge >= 0.3 is 0 Å². The van der Waals surface area contributed by atoms with E-state index in [0.29, 0.717) is 16.8 Å². The zero-order valence-corrected chi connectivity index (χ0v) is 15.9. The molecule has 0 bridgehead atoms. The highest BCUT2D eigenvalue weighted by molar-refractivity contribution is 7.99. The van der Waals surface area contributed by atoms with Gasteiger partial charge in [-0.05, 0) is 58.7 Å². The fourth-order valence-corrected chi connectivity index (χ4v) is 3.19. The second-order valence-electron chi connectivity index (χ2n) is 6.12. The largest absolute Gasteiger partial charge is 0.325 e. The van der Waals surface area contributed by atoms with Gasteiger partial charge in [-0.2, -0.15) is 4.68 Å². The van der Waals surface area contributed by atoms with E-state index in [9.17, 15) is 9.18 Å². The smallest absolute Gasteiger partial charge is 0.234 e. The summed E-state index contributed by atoms with van der Waals surface area (Å²) < 4.78 is 14.8. The third-order valence-corrected chi connectivity index (χ3v) is 5.12. The summed E-state index contributed by atoms with van der Waals surface area (Å²) in [6, 6.07) is 13.8. The van der Waals surface area contributed by atoms with E-state index in [-0.39, 0.29) is 17.5 Å². The van der Waals surface area contributed by atoms with Crippen LogP contribution in [0.2, 0.25) is 0 Å². The molecule has 0 fully saturated rings. The molecule has 27 heavy (non-hydrogen) atoms. The normalized spacial score (nSPS) is 12.0. The maximum absolute atomic E-state index is 13.4. The molecule has 0 aliphatic rings. The van der Waals surface area contributed by atoms with Crippen LogP contribution in [0.4, 0.5) is 10.1 Å². The van der Waals surface area contributed by atoms with Crippen molar-refractivity contribution >= 4 is 23.4 Å². The minimum atomic E-state index is -0.377. The van der Waals surface area contributed by atoms with Crippen LogP contribution < -0.4 is 5.32 Å². The summed E-state index contributed by atoms with van der Waals surface area (Å²) in [6.45, 7) is 4.32. The van der Waals surface area contributed by atoms with Crippen LogP contribution in [-0.2, 0) is 4.79 Å². The first-order valence-electron chi connectivity index (χ1n) is 8.63. The predicted molar refractivity (Wildman–Crippen MR) is 104 cm³/mol. The van der Waals surface area contributed by atoms with Crippen LogP contribution in [0.1, 0.15) is 31.7 Å². The number of hydrogen-bond donors (Lipinski definition) is 1. The molecule has 3 aromatic rings. The molecule has 2 aromatic carbocycles. The first-order valence-corrected chi connectivity index (χ1v) is 9.62. The summed E-state index contributed by atoms with van der Waals surface area (Å²) in [7, 11) is 0. The number of carbonyl (C=O) groups is 1. The molecule has 140 valence electrons. The lowest BCUT2D eigenvalue weighted by atomic mass is 9.99. The minimum absolute atomic E-state index is 0.142. The van der Waals surface area contributed by atoms with Crippen LogP contribution in [-0.4, -0.2) is 31.9 Å². The van der Waals surface area contributed by atoms with Gasteiger partial charge in [0.1, 0.15) is 5.82 Å². The number of anilines is 1. The van der Waals surface area contributed by atoms with Crippen LogP contribution >= 0.6 is 11.8 Å². The average molecular weight is 385 g/mol. The van der Waals surface area contributed by atoms with E-state index in [1.165, 1.54) is 34.1 Å². The first kappa shape index (κ1) is 19.0. The number of benzene rings is 2. The third kappa shape index (κ3) is 4.91. The lowest BCUT2D eigenvalue weighted by Gasteiger charge is -2.10. The maximum atomic E-state index is 13.4. The van der Waals surface area contributed by atoms with Crippen molar-refractivity contribution in [1.82, 2.24) is 20.2 Å². The SMILES string of the molecule is CC[C@H](C)c1ccc(NC(=O)CSc2nnnn2-c2cccc(F)c2)cc1. The highest BCUT2D eigenvalue weighted by atomic mass is 32.2. The van der Waals surface area contributed by atoms with Crippen molar-refractivity contribution < 1.29 is 9.18 Å². The van der Waals surface area contributed by atoms with E-state index in [0.717, 1.165) is 12.1 Å². The van der Waals surface area contributed by atoms with Gasteiger partial charge in [0.2, 0.25) is 11.1 Å². The van der Waals surface area contributed by atoms with Crippen molar-refractivity contribution in [3.05, 3.63) is 59.9 Å². The molecule has 0 spiro atoms. The molecule has 1 heterocycles. The summed E-state index contributed by atoms with van der Waals surface area (Å²) in [6.07, 6.45) is 1.07. The summed E-state index contributed by atoms with van der Waals surface area (Å²) in [4.78, 5) is 12.2. The molecule has 1 amide bonds. The Morgan fingerprint density at radius 3 is 2.74 bits per heavy atom. The third-order valence-electron chi connectivity index (χ3n) is 4.20. The molecule has 1 N–H and O–H groups in total. The maximum Gasteiger partial charge on any atom is 0.234 e. The monoisotopic (exact) mass is 385 g/mol. The number of carbonyl (C=O) groups excluding carboxylic acids is 1. The number of halogens is 1. The topological polar surface area (TPSA) is 72.7 Å². The van der Waals surface area contributed by atoms with Crippen molar-refractivity contribution in [2.75, 3.05) is 11.1 Å². The number of thioether (sulfide) groups is 1. The van der Waals surface area contributed by atoms with E-state index in [4.69, 9.17) is 0 Å². The average Bonchev–Trinajstić information content (AvgIpc) is 3.15. The van der Waals surface area contributed by atoms with Crippen molar-refractivity contribution in [2.45, 2.75) is 31.3 Å². The van der Waals surface area contributed by atoms with E-state index in [2.05, 4.69) is 34.7 Å². The van der Waals surface area contributed by atoms with Crippen LogP contribution in [0.15, 0.2) is 53.7 Å². The molecule has 0 saturated heterocycles. The van der Waals surface area contributed by atoms with Gasteiger partial charge in [-0.1, -0.05) is 43.8 Å². The van der Waals surface area contributed by atoms with E-state index >= 15 is 0 Å². The summed E-state index contributed by atoms with van der Waals surface area (Å²) >= 11 is 1.19. The molecule has 6 nitrogen and oxygen atoms in total. The number of tetrazole rings is 1. The second kappa shape index (κ2) is 8.77. The zero-order valence-electron chi connectivity index (χ0n) is 15.1. The van der Waals surface area contributed by atoms with Gasteiger partial charge in [-0.3, -0.25) is 4.79 Å². The fourth-order valence-electron chi connectivity index (χ4n) is 2.50. The highest BCUT2D eigenvalue weighted by Crippen LogP contribution is 2.22. The Bertz CT molecular complexity index is 912. The van der Waals surface area contributed by atoms with Gasteiger partial charge in [-0.25, -0.2) is 4.39 Å². The molecule has 0 unspecified atom stereocenters. The molecule has 0 aliphatic carbocycles.